The third kappa shape index (κ3) is 5.06. The number of amides is 1. The summed E-state index contributed by atoms with van der Waals surface area (Å²) in [5, 5.41) is 4.00. The highest BCUT2D eigenvalue weighted by molar-refractivity contribution is 9.10. The molecule has 6 heteroatoms. The summed E-state index contributed by atoms with van der Waals surface area (Å²) in [4.78, 5) is 15.5. The van der Waals surface area contributed by atoms with E-state index in [1.54, 1.807) is 6.20 Å². The van der Waals surface area contributed by atoms with E-state index in [1.807, 2.05) is 26.0 Å². The van der Waals surface area contributed by atoms with Gasteiger partial charge in [0.1, 0.15) is 5.03 Å². The van der Waals surface area contributed by atoms with Crippen molar-refractivity contribution in [3.8, 4) is 0 Å². The van der Waals surface area contributed by atoms with Gasteiger partial charge in [-0.15, -0.1) is 11.8 Å². The van der Waals surface area contributed by atoms with Crippen molar-refractivity contribution in [2.24, 2.45) is 5.73 Å². The first-order valence-electron chi connectivity index (χ1n) is 5.29. The van der Waals surface area contributed by atoms with Gasteiger partial charge >= 0.3 is 0 Å². The molecule has 0 spiro atoms. The lowest BCUT2D eigenvalue weighted by molar-refractivity contribution is -0.119. The summed E-state index contributed by atoms with van der Waals surface area (Å²) in [6.45, 7) is 3.97. The van der Waals surface area contributed by atoms with Gasteiger partial charge in [-0.3, -0.25) is 4.79 Å². The number of rotatable bonds is 6. The zero-order chi connectivity index (χ0) is 12.8. The largest absolute Gasteiger partial charge is 0.368 e. The molecule has 1 unspecified atom stereocenters. The van der Waals surface area contributed by atoms with E-state index in [0.717, 1.165) is 9.50 Å². The monoisotopic (exact) mass is 317 g/mol. The molecule has 1 heterocycles. The smallest absolute Gasteiger partial charge is 0.235 e. The number of nitrogens with one attached hydrogen (secondary N) is 1. The standard InChI is InChI=1S/C11H16BrN3OS/c1-7(2)15-9(10(13)16)6-17-11-8(12)4-3-5-14-11/h3-5,7,9,15H,6H2,1-2H3,(H2,13,16). The number of pyridine rings is 1. The molecular weight excluding hydrogens is 302 g/mol. The summed E-state index contributed by atoms with van der Waals surface area (Å²) < 4.78 is 0.928. The Labute approximate surface area is 114 Å². The number of nitrogens with two attached hydrogens (primary N) is 1. The second kappa shape index (κ2) is 6.98. The van der Waals surface area contributed by atoms with Crippen LogP contribution in [-0.2, 0) is 4.79 Å². The molecule has 4 nitrogen and oxygen atoms in total. The van der Waals surface area contributed by atoms with E-state index in [9.17, 15) is 4.79 Å². The first-order chi connectivity index (χ1) is 8.00. The lowest BCUT2D eigenvalue weighted by Crippen LogP contribution is -2.46. The van der Waals surface area contributed by atoms with Crippen LogP contribution in [0.4, 0.5) is 0 Å². The number of carbonyl (C=O) groups excluding carboxylic acids is 1. The van der Waals surface area contributed by atoms with Crippen molar-refractivity contribution in [2.75, 3.05) is 5.75 Å². The van der Waals surface area contributed by atoms with Crippen molar-refractivity contribution < 1.29 is 4.79 Å². The number of nitrogens with zero attached hydrogens (tertiary/aromatic N) is 1. The Hall–Kier alpha value is -0.590. The van der Waals surface area contributed by atoms with Crippen LogP contribution in [0.1, 0.15) is 13.8 Å². The summed E-state index contributed by atoms with van der Waals surface area (Å²) in [7, 11) is 0. The Morgan fingerprint density at radius 3 is 2.88 bits per heavy atom. The molecule has 1 aromatic heterocycles. The molecule has 1 amide bonds. The minimum absolute atomic E-state index is 0.222. The Morgan fingerprint density at radius 2 is 2.35 bits per heavy atom. The van der Waals surface area contributed by atoms with Gasteiger partial charge in [-0.1, -0.05) is 13.8 Å². The van der Waals surface area contributed by atoms with Crippen molar-refractivity contribution >= 4 is 33.6 Å². The number of primary amides is 1. The maximum atomic E-state index is 11.3. The lowest BCUT2D eigenvalue weighted by Gasteiger charge is -2.17. The maximum absolute atomic E-state index is 11.3. The highest BCUT2D eigenvalue weighted by Gasteiger charge is 2.17. The molecule has 0 radical (unpaired) electrons. The van der Waals surface area contributed by atoms with Crippen LogP contribution in [0.25, 0.3) is 0 Å². The highest BCUT2D eigenvalue weighted by atomic mass is 79.9. The minimum Gasteiger partial charge on any atom is -0.368 e. The van der Waals surface area contributed by atoms with E-state index in [4.69, 9.17) is 5.73 Å². The van der Waals surface area contributed by atoms with Gasteiger partial charge in [-0.2, -0.15) is 0 Å². The summed E-state index contributed by atoms with van der Waals surface area (Å²) in [6, 6.07) is 3.66. The average Bonchev–Trinajstić information content (AvgIpc) is 2.25. The molecule has 1 rings (SSSR count). The van der Waals surface area contributed by atoms with Crippen molar-refractivity contribution in [3.05, 3.63) is 22.8 Å². The SMILES string of the molecule is CC(C)NC(CSc1ncccc1Br)C(N)=O. The molecule has 0 saturated carbocycles. The van der Waals surface area contributed by atoms with E-state index in [0.29, 0.717) is 5.75 Å². The number of halogens is 1. The molecule has 0 saturated heterocycles. The van der Waals surface area contributed by atoms with Gasteiger partial charge in [0.2, 0.25) is 5.91 Å². The zero-order valence-electron chi connectivity index (χ0n) is 9.81. The third-order valence-electron chi connectivity index (χ3n) is 1.99. The maximum Gasteiger partial charge on any atom is 0.235 e. The fraction of sp³-hybridized carbons (Fsp3) is 0.455. The number of thioether (sulfide) groups is 1. The Balaban J connectivity index is 2.58. The number of hydrogen-bond acceptors (Lipinski definition) is 4. The van der Waals surface area contributed by atoms with Crippen molar-refractivity contribution in [1.82, 2.24) is 10.3 Å². The molecule has 1 aromatic rings. The molecule has 1 atom stereocenters. The Bertz CT molecular complexity index is 387. The predicted octanol–water partition coefficient (Wildman–Crippen LogP) is 1.79. The molecule has 0 aliphatic carbocycles. The topological polar surface area (TPSA) is 68.0 Å². The molecule has 0 aliphatic rings. The van der Waals surface area contributed by atoms with Crippen molar-refractivity contribution in [1.29, 1.82) is 0 Å². The van der Waals surface area contributed by atoms with E-state index < -0.39 is 0 Å². The van der Waals surface area contributed by atoms with Crippen LogP contribution < -0.4 is 11.1 Å². The lowest BCUT2D eigenvalue weighted by atomic mass is 10.3. The van der Waals surface area contributed by atoms with Gasteiger partial charge in [0.15, 0.2) is 0 Å². The zero-order valence-corrected chi connectivity index (χ0v) is 12.2. The van der Waals surface area contributed by atoms with E-state index in [1.165, 1.54) is 11.8 Å². The predicted molar refractivity (Wildman–Crippen MR) is 73.9 cm³/mol. The normalized spacial score (nSPS) is 12.7. The quantitative estimate of drug-likeness (QED) is 0.785. The van der Waals surface area contributed by atoms with Gasteiger partial charge in [-0.25, -0.2) is 4.98 Å². The van der Waals surface area contributed by atoms with Gasteiger partial charge in [0.25, 0.3) is 0 Å². The van der Waals surface area contributed by atoms with Crippen LogP contribution in [0.5, 0.6) is 0 Å². The molecule has 0 aliphatic heterocycles. The summed E-state index contributed by atoms with van der Waals surface area (Å²) >= 11 is 4.92. The number of carbonyl (C=O) groups is 1. The molecule has 17 heavy (non-hydrogen) atoms. The second-order valence-corrected chi connectivity index (χ2v) is 5.74. The van der Waals surface area contributed by atoms with Crippen LogP contribution in [-0.4, -0.2) is 28.7 Å². The van der Waals surface area contributed by atoms with E-state index >= 15 is 0 Å². The van der Waals surface area contributed by atoms with Crippen molar-refractivity contribution in [2.45, 2.75) is 31.0 Å². The van der Waals surface area contributed by atoms with Crippen LogP contribution in [0.3, 0.4) is 0 Å². The molecular formula is C11H16BrN3OS. The summed E-state index contributed by atoms with van der Waals surface area (Å²) in [5.41, 5.74) is 5.34. The van der Waals surface area contributed by atoms with Gasteiger partial charge in [-0.05, 0) is 28.1 Å². The first kappa shape index (κ1) is 14.5. The summed E-state index contributed by atoms with van der Waals surface area (Å²) in [6.07, 6.45) is 1.72. The fourth-order valence-electron chi connectivity index (χ4n) is 1.25. The fourth-order valence-corrected chi connectivity index (χ4v) is 2.78. The molecule has 3 N–H and O–H groups in total. The second-order valence-electron chi connectivity index (χ2n) is 3.88. The van der Waals surface area contributed by atoms with Crippen LogP contribution >= 0.6 is 27.7 Å². The molecule has 0 aromatic carbocycles. The van der Waals surface area contributed by atoms with Crippen LogP contribution in [0.15, 0.2) is 27.8 Å². The molecule has 0 fully saturated rings. The Morgan fingerprint density at radius 1 is 1.65 bits per heavy atom. The molecule has 0 bridgehead atoms. The van der Waals surface area contributed by atoms with E-state index in [-0.39, 0.29) is 18.0 Å². The van der Waals surface area contributed by atoms with Gasteiger partial charge in [0.05, 0.1) is 6.04 Å². The first-order valence-corrected chi connectivity index (χ1v) is 7.07. The summed E-state index contributed by atoms with van der Waals surface area (Å²) in [5.74, 6) is 0.238. The van der Waals surface area contributed by atoms with E-state index in [2.05, 4.69) is 26.2 Å². The Kier molecular flexibility index (Phi) is 5.94. The van der Waals surface area contributed by atoms with Crippen LogP contribution in [0.2, 0.25) is 0 Å². The number of aromatic nitrogens is 1. The van der Waals surface area contributed by atoms with Gasteiger partial charge < -0.3 is 11.1 Å². The van der Waals surface area contributed by atoms with Crippen LogP contribution in [0, 0.1) is 0 Å². The average molecular weight is 318 g/mol. The van der Waals surface area contributed by atoms with Gasteiger partial charge in [0, 0.05) is 22.5 Å². The highest BCUT2D eigenvalue weighted by Crippen LogP contribution is 2.24. The number of hydrogen-bond donors (Lipinski definition) is 2. The molecule has 94 valence electrons. The van der Waals surface area contributed by atoms with Crippen molar-refractivity contribution in [3.63, 3.8) is 0 Å². The minimum atomic E-state index is -0.339. The third-order valence-corrected chi connectivity index (χ3v) is 3.99.